The molecular formula is C20H31N9O9. The van der Waals surface area contributed by atoms with Gasteiger partial charge in [0.25, 0.3) is 0 Å². The first-order chi connectivity index (χ1) is 17.8. The lowest BCUT2D eigenvalue weighted by atomic mass is 10.1. The van der Waals surface area contributed by atoms with Crippen LogP contribution in [0.15, 0.2) is 17.5 Å². The molecule has 0 bridgehead atoms. The smallest absolute Gasteiger partial charge is 0.326 e. The van der Waals surface area contributed by atoms with Crippen LogP contribution in [0.4, 0.5) is 0 Å². The predicted molar refractivity (Wildman–Crippen MR) is 128 cm³/mol. The molecule has 0 saturated carbocycles. The number of nitrogens with zero attached hydrogens (tertiary/aromatic N) is 2. The summed E-state index contributed by atoms with van der Waals surface area (Å²) in [6, 6.07) is -6.10. The first-order valence-electron chi connectivity index (χ1n) is 11.2. The van der Waals surface area contributed by atoms with E-state index in [2.05, 4.69) is 25.6 Å². The molecule has 18 nitrogen and oxygen atoms in total. The Balaban J connectivity index is 3.01. The molecule has 210 valence electrons. The number of nitrogens with one attached hydrogen (secondary N) is 4. The van der Waals surface area contributed by atoms with Crippen LogP contribution in [0, 0.1) is 0 Å². The summed E-state index contributed by atoms with van der Waals surface area (Å²) in [7, 11) is 0. The number of rotatable bonds is 17. The zero-order chi connectivity index (χ0) is 28.8. The number of hydrogen-bond donors (Lipinski definition) is 10. The summed E-state index contributed by atoms with van der Waals surface area (Å²) < 4.78 is 0. The van der Waals surface area contributed by atoms with Crippen molar-refractivity contribution in [3.8, 4) is 0 Å². The van der Waals surface area contributed by atoms with Gasteiger partial charge in [0, 0.05) is 24.9 Å². The number of imidazole rings is 1. The second-order valence-electron chi connectivity index (χ2n) is 8.05. The van der Waals surface area contributed by atoms with Gasteiger partial charge in [0.1, 0.15) is 18.1 Å². The third-order valence-electron chi connectivity index (χ3n) is 4.92. The lowest BCUT2D eigenvalue weighted by Crippen LogP contribution is -2.58. The van der Waals surface area contributed by atoms with Gasteiger partial charge in [-0.15, -0.1) is 0 Å². The number of carboxylic acid groups (broad SMARTS) is 3. The second-order valence-corrected chi connectivity index (χ2v) is 8.05. The Bertz CT molecular complexity index is 1030. The van der Waals surface area contributed by atoms with E-state index in [4.69, 9.17) is 22.3 Å². The Morgan fingerprint density at radius 1 is 0.895 bits per heavy atom. The molecule has 38 heavy (non-hydrogen) atoms. The van der Waals surface area contributed by atoms with E-state index in [1.807, 2.05) is 5.32 Å². The SMILES string of the molecule is NC(N)=NCCCC(N)C(=O)NC(CC(=O)O)C(=O)NC(Cc1cnc[nH]1)C(=O)NC(CC(=O)O)C(=O)O. The Morgan fingerprint density at radius 2 is 1.45 bits per heavy atom. The van der Waals surface area contributed by atoms with Gasteiger partial charge in [-0.25, -0.2) is 9.78 Å². The Kier molecular flexibility index (Phi) is 12.7. The van der Waals surface area contributed by atoms with Gasteiger partial charge in [-0.3, -0.25) is 29.0 Å². The van der Waals surface area contributed by atoms with Crippen molar-refractivity contribution in [1.82, 2.24) is 25.9 Å². The van der Waals surface area contributed by atoms with E-state index < -0.39 is 72.6 Å². The van der Waals surface area contributed by atoms with E-state index in [0.29, 0.717) is 12.1 Å². The molecule has 1 heterocycles. The van der Waals surface area contributed by atoms with Crippen molar-refractivity contribution in [3.05, 3.63) is 18.2 Å². The molecule has 13 N–H and O–H groups in total. The van der Waals surface area contributed by atoms with Gasteiger partial charge in [0.05, 0.1) is 25.2 Å². The summed E-state index contributed by atoms with van der Waals surface area (Å²) in [6.45, 7) is 0.186. The summed E-state index contributed by atoms with van der Waals surface area (Å²) in [4.78, 5) is 82.0. The molecule has 0 aliphatic carbocycles. The zero-order valence-corrected chi connectivity index (χ0v) is 20.1. The van der Waals surface area contributed by atoms with Crippen molar-refractivity contribution in [2.24, 2.45) is 22.2 Å². The Labute approximate surface area is 215 Å². The van der Waals surface area contributed by atoms with Crippen molar-refractivity contribution in [2.75, 3.05) is 6.54 Å². The minimum absolute atomic E-state index is 0.106. The monoisotopic (exact) mass is 541 g/mol. The molecule has 1 rings (SSSR count). The number of aliphatic carboxylic acids is 3. The van der Waals surface area contributed by atoms with Crippen molar-refractivity contribution in [3.63, 3.8) is 0 Å². The minimum Gasteiger partial charge on any atom is -0.481 e. The first-order valence-corrected chi connectivity index (χ1v) is 11.2. The van der Waals surface area contributed by atoms with Crippen LogP contribution in [-0.4, -0.2) is 97.6 Å². The number of guanidine groups is 1. The quantitative estimate of drug-likeness (QED) is 0.0509. The number of hydrogen-bond acceptors (Lipinski definition) is 9. The highest BCUT2D eigenvalue weighted by molar-refractivity contribution is 5.96. The number of carboxylic acids is 3. The first kappa shape index (κ1) is 31.3. The molecule has 3 amide bonds. The lowest BCUT2D eigenvalue weighted by Gasteiger charge is -2.24. The van der Waals surface area contributed by atoms with E-state index in [-0.39, 0.29) is 25.3 Å². The standard InChI is InChI=1S/C20H31N9O9/c21-10(2-1-3-25-20(22)23)16(34)27-12(5-14(30)31)18(36)28-11(4-9-7-24-8-26-9)17(35)29-13(19(37)38)6-15(32)33/h7-8,10-13H,1-6,21H2,(H,24,26)(H,27,34)(H,28,36)(H,29,35)(H,30,31)(H,32,33)(H,37,38)(H4,22,23,25). The van der Waals surface area contributed by atoms with Gasteiger partial charge in [0.2, 0.25) is 17.7 Å². The second kappa shape index (κ2) is 15.4. The lowest BCUT2D eigenvalue weighted by molar-refractivity contribution is -0.147. The number of H-pyrrole nitrogens is 1. The average Bonchev–Trinajstić information content (AvgIpc) is 3.32. The minimum atomic E-state index is -1.81. The van der Waals surface area contributed by atoms with Gasteiger partial charge in [0.15, 0.2) is 5.96 Å². The number of amides is 3. The van der Waals surface area contributed by atoms with Gasteiger partial charge >= 0.3 is 17.9 Å². The van der Waals surface area contributed by atoms with Crippen molar-refractivity contribution >= 4 is 41.6 Å². The third kappa shape index (κ3) is 11.8. The molecular weight excluding hydrogens is 510 g/mol. The van der Waals surface area contributed by atoms with E-state index >= 15 is 0 Å². The Morgan fingerprint density at radius 3 is 1.97 bits per heavy atom. The van der Waals surface area contributed by atoms with Gasteiger partial charge in [-0.2, -0.15) is 0 Å². The molecule has 4 unspecified atom stereocenters. The number of carbonyl (C=O) groups excluding carboxylic acids is 3. The molecule has 0 saturated heterocycles. The van der Waals surface area contributed by atoms with Gasteiger partial charge in [-0.05, 0) is 12.8 Å². The highest BCUT2D eigenvalue weighted by Crippen LogP contribution is 2.04. The fourth-order valence-electron chi connectivity index (χ4n) is 3.06. The highest BCUT2D eigenvalue weighted by atomic mass is 16.4. The van der Waals surface area contributed by atoms with Crippen LogP contribution in [0.1, 0.15) is 31.4 Å². The molecule has 0 radical (unpaired) electrons. The number of aromatic amines is 1. The van der Waals surface area contributed by atoms with Crippen LogP contribution >= 0.6 is 0 Å². The maximum absolute atomic E-state index is 12.9. The molecule has 1 aromatic heterocycles. The van der Waals surface area contributed by atoms with Crippen LogP contribution in [0.25, 0.3) is 0 Å². The normalized spacial score (nSPS) is 13.7. The maximum Gasteiger partial charge on any atom is 0.326 e. The van der Waals surface area contributed by atoms with Crippen LogP contribution in [0.3, 0.4) is 0 Å². The number of carbonyl (C=O) groups is 6. The van der Waals surface area contributed by atoms with Crippen molar-refractivity contribution < 1.29 is 44.1 Å². The average molecular weight is 542 g/mol. The van der Waals surface area contributed by atoms with Crippen molar-refractivity contribution in [2.45, 2.75) is 56.3 Å². The van der Waals surface area contributed by atoms with Crippen LogP contribution in [0.5, 0.6) is 0 Å². The fourth-order valence-corrected chi connectivity index (χ4v) is 3.06. The van der Waals surface area contributed by atoms with Crippen molar-refractivity contribution in [1.29, 1.82) is 0 Å². The van der Waals surface area contributed by atoms with E-state index in [0.717, 1.165) is 0 Å². The largest absolute Gasteiger partial charge is 0.481 e. The number of nitrogens with two attached hydrogens (primary N) is 3. The molecule has 0 aliphatic heterocycles. The van der Waals surface area contributed by atoms with E-state index in [1.165, 1.54) is 12.5 Å². The summed E-state index contributed by atoms with van der Waals surface area (Å²) in [5, 5.41) is 33.8. The summed E-state index contributed by atoms with van der Waals surface area (Å²) in [5.74, 6) is -7.72. The van der Waals surface area contributed by atoms with Crippen LogP contribution in [0.2, 0.25) is 0 Å². The predicted octanol–water partition coefficient (Wildman–Crippen LogP) is -4.18. The summed E-state index contributed by atoms with van der Waals surface area (Å²) in [6.07, 6.45) is 0.951. The molecule has 1 aromatic rings. The number of aliphatic imine (C=N–C) groups is 1. The Hall–Kier alpha value is -4.74. The molecule has 4 atom stereocenters. The zero-order valence-electron chi connectivity index (χ0n) is 20.1. The van der Waals surface area contributed by atoms with Gasteiger partial charge in [-0.1, -0.05) is 0 Å². The van der Waals surface area contributed by atoms with Gasteiger partial charge < -0.3 is 53.5 Å². The fraction of sp³-hybridized carbons (Fsp3) is 0.500. The summed E-state index contributed by atoms with van der Waals surface area (Å²) in [5.41, 5.74) is 16.5. The highest BCUT2D eigenvalue weighted by Gasteiger charge is 2.32. The number of aromatic nitrogens is 2. The maximum atomic E-state index is 12.9. The van der Waals surface area contributed by atoms with E-state index in [1.54, 1.807) is 0 Å². The van der Waals surface area contributed by atoms with Crippen LogP contribution < -0.4 is 33.2 Å². The molecule has 18 heteroatoms. The third-order valence-corrected chi connectivity index (χ3v) is 4.92. The molecule has 0 spiro atoms. The molecule has 0 aliphatic rings. The molecule has 0 fully saturated rings. The van der Waals surface area contributed by atoms with E-state index in [9.17, 15) is 39.0 Å². The summed E-state index contributed by atoms with van der Waals surface area (Å²) >= 11 is 0. The van der Waals surface area contributed by atoms with Crippen LogP contribution in [-0.2, 0) is 35.2 Å². The molecule has 0 aromatic carbocycles. The topological polar surface area (TPSA) is 318 Å².